The zero-order valence-electron chi connectivity index (χ0n) is 7.71. The molecule has 1 fully saturated rings. The van der Waals surface area contributed by atoms with Crippen LogP contribution in [0.2, 0.25) is 0 Å². The smallest absolute Gasteiger partial charge is 0.321 e. The molecule has 0 aromatic carbocycles. The summed E-state index contributed by atoms with van der Waals surface area (Å²) in [5.41, 5.74) is 5.36. The summed E-state index contributed by atoms with van der Waals surface area (Å²) in [6, 6.07) is -0.720. The zero-order chi connectivity index (χ0) is 9.35. The highest BCUT2D eigenvalue weighted by molar-refractivity contribution is 5.74. The molecule has 3 heteroatoms. The van der Waals surface area contributed by atoms with Gasteiger partial charge in [0.2, 0.25) is 0 Å². The lowest BCUT2D eigenvalue weighted by molar-refractivity contribution is -0.143. The predicted octanol–water partition coefficient (Wildman–Crippen LogP) is 1.22. The van der Waals surface area contributed by atoms with Crippen LogP contribution in [-0.2, 0) is 4.79 Å². The van der Waals surface area contributed by atoms with Crippen molar-refractivity contribution in [3.63, 3.8) is 0 Å². The number of carboxylic acids is 1. The van der Waals surface area contributed by atoms with Crippen molar-refractivity contribution in [2.75, 3.05) is 0 Å². The normalized spacial score (nSPS) is 21.6. The molecule has 0 aromatic heterocycles. The quantitative estimate of drug-likeness (QED) is 0.671. The molecule has 0 spiro atoms. The molecule has 0 bridgehead atoms. The molecule has 1 aliphatic rings. The van der Waals surface area contributed by atoms with Gasteiger partial charge in [-0.25, -0.2) is 0 Å². The highest BCUT2D eigenvalue weighted by Crippen LogP contribution is 2.43. The Morgan fingerprint density at radius 2 is 2.08 bits per heavy atom. The highest BCUT2D eigenvalue weighted by atomic mass is 16.4. The van der Waals surface area contributed by atoms with Gasteiger partial charge in [-0.1, -0.05) is 20.3 Å². The first kappa shape index (κ1) is 9.52. The number of hydrogen-bond donors (Lipinski definition) is 2. The summed E-state index contributed by atoms with van der Waals surface area (Å²) < 4.78 is 0. The number of nitrogens with two attached hydrogens (primary N) is 1. The maximum atomic E-state index is 10.7. The first-order chi connectivity index (χ1) is 5.46. The minimum Gasteiger partial charge on any atom is -0.480 e. The van der Waals surface area contributed by atoms with Crippen molar-refractivity contribution in [3.05, 3.63) is 0 Å². The van der Waals surface area contributed by atoms with Crippen molar-refractivity contribution in [3.8, 4) is 0 Å². The highest BCUT2D eigenvalue weighted by Gasteiger charge is 2.41. The summed E-state index contributed by atoms with van der Waals surface area (Å²) in [4.78, 5) is 10.7. The van der Waals surface area contributed by atoms with E-state index >= 15 is 0 Å². The topological polar surface area (TPSA) is 63.3 Å². The lowest BCUT2D eigenvalue weighted by Gasteiger charge is -2.42. The second-order valence-electron chi connectivity index (χ2n) is 4.27. The number of rotatable bonds is 3. The zero-order valence-corrected chi connectivity index (χ0v) is 7.71. The molecule has 1 unspecified atom stereocenters. The average Bonchev–Trinajstić information content (AvgIpc) is 1.80. The lowest BCUT2D eigenvalue weighted by atomic mass is 9.64. The molecule has 3 nitrogen and oxygen atoms in total. The van der Waals surface area contributed by atoms with Crippen molar-refractivity contribution in [2.45, 2.75) is 39.2 Å². The largest absolute Gasteiger partial charge is 0.480 e. The molecule has 0 heterocycles. The molecular weight excluding hydrogens is 154 g/mol. The van der Waals surface area contributed by atoms with E-state index in [4.69, 9.17) is 10.8 Å². The Bertz CT molecular complexity index is 185. The van der Waals surface area contributed by atoms with E-state index in [0.29, 0.717) is 5.92 Å². The molecule has 1 saturated carbocycles. The Hall–Kier alpha value is -0.570. The molecule has 0 aromatic rings. The van der Waals surface area contributed by atoms with E-state index in [2.05, 4.69) is 0 Å². The van der Waals surface area contributed by atoms with Gasteiger partial charge in [-0.3, -0.25) is 4.79 Å². The third-order valence-electron chi connectivity index (χ3n) is 3.22. The summed E-state index contributed by atoms with van der Waals surface area (Å²) in [6.45, 7) is 3.91. The van der Waals surface area contributed by atoms with Crippen LogP contribution in [0.25, 0.3) is 0 Å². The molecule has 1 aliphatic carbocycles. The van der Waals surface area contributed by atoms with Gasteiger partial charge in [0.1, 0.15) is 6.04 Å². The average molecular weight is 171 g/mol. The van der Waals surface area contributed by atoms with E-state index in [1.165, 1.54) is 6.42 Å². The number of carboxylic acid groups (broad SMARTS) is 1. The second-order valence-corrected chi connectivity index (χ2v) is 4.27. The fraction of sp³-hybridized carbons (Fsp3) is 0.889. The fourth-order valence-electron chi connectivity index (χ4n) is 1.72. The fourth-order valence-corrected chi connectivity index (χ4v) is 1.72. The molecule has 3 N–H and O–H groups in total. The third kappa shape index (κ3) is 1.46. The summed E-state index contributed by atoms with van der Waals surface area (Å²) in [7, 11) is 0. The van der Waals surface area contributed by atoms with Crippen molar-refractivity contribution >= 4 is 5.97 Å². The Kier molecular flexibility index (Phi) is 2.42. The standard InChI is InChI=1S/C9H17NO2/c1-9(2,6-4-3-5-6)7(10)8(11)12/h6-7H,3-5,10H2,1-2H3,(H,11,12). The lowest BCUT2D eigenvalue weighted by Crippen LogP contribution is -2.49. The predicted molar refractivity (Wildman–Crippen MR) is 46.7 cm³/mol. The first-order valence-corrected chi connectivity index (χ1v) is 4.44. The maximum absolute atomic E-state index is 10.7. The van der Waals surface area contributed by atoms with E-state index in [1.807, 2.05) is 13.8 Å². The van der Waals surface area contributed by atoms with E-state index < -0.39 is 12.0 Å². The first-order valence-electron chi connectivity index (χ1n) is 4.44. The van der Waals surface area contributed by atoms with Gasteiger partial charge in [0, 0.05) is 0 Å². The van der Waals surface area contributed by atoms with Gasteiger partial charge in [-0.05, 0) is 24.2 Å². The molecule has 1 rings (SSSR count). The van der Waals surface area contributed by atoms with Gasteiger partial charge in [-0.15, -0.1) is 0 Å². The molecule has 0 saturated heterocycles. The van der Waals surface area contributed by atoms with Gasteiger partial charge < -0.3 is 10.8 Å². The number of hydrogen-bond acceptors (Lipinski definition) is 2. The number of carbonyl (C=O) groups is 1. The molecule has 12 heavy (non-hydrogen) atoms. The minimum absolute atomic E-state index is 0.246. The summed E-state index contributed by atoms with van der Waals surface area (Å²) in [5.74, 6) is -0.379. The van der Waals surface area contributed by atoms with E-state index in [0.717, 1.165) is 12.8 Å². The van der Waals surface area contributed by atoms with Gasteiger partial charge in [0.25, 0.3) is 0 Å². The van der Waals surface area contributed by atoms with E-state index in [-0.39, 0.29) is 5.41 Å². The summed E-state index contributed by atoms with van der Waals surface area (Å²) >= 11 is 0. The van der Waals surface area contributed by atoms with Crippen LogP contribution in [0.15, 0.2) is 0 Å². The Labute approximate surface area is 72.9 Å². The van der Waals surface area contributed by atoms with Crippen LogP contribution in [0, 0.1) is 11.3 Å². The molecule has 70 valence electrons. The Balaban J connectivity index is 2.62. The third-order valence-corrected chi connectivity index (χ3v) is 3.22. The molecule has 0 aliphatic heterocycles. The van der Waals surface area contributed by atoms with Crippen LogP contribution in [0.3, 0.4) is 0 Å². The van der Waals surface area contributed by atoms with Crippen LogP contribution in [-0.4, -0.2) is 17.1 Å². The molecular formula is C9H17NO2. The Morgan fingerprint density at radius 1 is 1.58 bits per heavy atom. The molecule has 1 atom stereocenters. The monoisotopic (exact) mass is 171 g/mol. The van der Waals surface area contributed by atoms with Crippen LogP contribution >= 0.6 is 0 Å². The van der Waals surface area contributed by atoms with Gasteiger partial charge in [0.05, 0.1) is 0 Å². The van der Waals surface area contributed by atoms with Crippen LogP contribution in [0.5, 0.6) is 0 Å². The second kappa shape index (κ2) is 3.05. The molecule has 0 amide bonds. The van der Waals surface area contributed by atoms with Crippen molar-refractivity contribution < 1.29 is 9.90 Å². The van der Waals surface area contributed by atoms with Gasteiger partial charge in [-0.2, -0.15) is 0 Å². The van der Waals surface area contributed by atoms with Crippen LogP contribution in [0.4, 0.5) is 0 Å². The van der Waals surface area contributed by atoms with Crippen molar-refractivity contribution in [1.29, 1.82) is 0 Å². The van der Waals surface area contributed by atoms with Crippen molar-refractivity contribution in [1.82, 2.24) is 0 Å². The maximum Gasteiger partial charge on any atom is 0.321 e. The minimum atomic E-state index is -0.882. The van der Waals surface area contributed by atoms with E-state index in [9.17, 15) is 4.79 Å². The Morgan fingerprint density at radius 3 is 2.33 bits per heavy atom. The SMILES string of the molecule is CC(C)(C1CCC1)C(N)C(=O)O. The molecule has 0 radical (unpaired) electrons. The van der Waals surface area contributed by atoms with Crippen molar-refractivity contribution in [2.24, 2.45) is 17.1 Å². The summed E-state index contributed by atoms with van der Waals surface area (Å²) in [6.07, 6.45) is 3.49. The number of aliphatic carboxylic acids is 1. The van der Waals surface area contributed by atoms with Gasteiger partial charge in [0.15, 0.2) is 0 Å². The van der Waals surface area contributed by atoms with Gasteiger partial charge >= 0.3 is 5.97 Å². The summed E-state index contributed by atoms with van der Waals surface area (Å²) in [5, 5.41) is 8.76. The van der Waals surface area contributed by atoms with E-state index in [1.54, 1.807) is 0 Å². The van der Waals surface area contributed by atoms with Crippen LogP contribution < -0.4 is 5.73 Å². The van der Waals surface area contributed by atoms with Crippen LogP contribution in [0.1, 0.15) is 33.1 Å².